The van der Waals surface area contributed by atoms with E-state index >= 15 is 4.39 Å². The molecule has 4 N–H and O–H groups in total. The first kappa shape index (κ1) is 24.6. The van der Waals surface area contributed by atoms with E-state index in [4.69, 9.17) is 19.9 Å². The van der Waals surface area contributed by atoms with Gasteiger partial charge in [-0.1, -0.05) is 0 Å². The van der Waals surface area contributed by atoms with Crippen molar-refractivity contribution in [1.29, 1.82) is 0 Å². The average Bonchev–Trinajstić information content (AvgIpc) is 2.87. The zero-order valence-electron chi connectivity index (χ0n) is 20.8. The first-order chi connectivity index (χ1) is 18.4. The number of amides is 1. The third kappa shape index (κ3) is 4.43. The third-order valence-electron chi connectivity index (χ3n) is 7.37. The number of nitrogens with one attached hydrogen (secondary N) is 2. The van der Waals surface area contributed by atoms with Gasteiger partial charge in [0, 0.05) is 55.0 Å². The Bertz CT molecular complexity index is 1400. The molecule has 38 heavy (non-hydrogen) atoms. The zero-order chi connectivity index (χ0) is 26.4. The molecule has 6 rings (SSSR count). The number of anilines is 3. The van der Waals surface area contributed by atoms with Gasteiger partial charge in [-0.05, 0) is 30.0 Å². The molecule has 5 heterocycles. The number of fused-ring (bicyclic) bond motifs is 2. The zero-order valence-corrected chi connectivity index (χ0v) is 20.8. The van der Waals surface area contributed by atoms with Crippen molar-refractivity contribution < 1.29 is 27.8 Å². The number of rotatable bonds is 4. The van der Waals surface area contributed by atoms with Gasteiger partial charge in [-0.15, -0.1) is 0 Å². The minimum Gasteiger partial charge on any atom is -0.474 e. The Hall–Kier alpha value is -3.77. The number of nitrogens with zero attached hydrogens (tertiary/aromatic N) is 3. The summed E-state index contributed by atoms with van der Waals surface area (Å²) in [7, 11) is 0. The number of aromatic nitrogens is 2. The van der Waals surface area contributed by atoms with Gasteiger partial charge in [-0.3, -0.25) is 10.2 Å². The normalized spacial score (nSPS) is 21.7. The van der Waals surface area contributed by atoms with Crippen molar-refractivity contribution in [2.24, 2.45) is 0 Å². The highest BCUT2D eigenvalue weighted by atomic mass is 19.1. The molecule has 10 nitrogen and oxygen atoms in total. The van der Waals surface area contributed by atoms with Crippen LogP contribution < -0.4 is 21.1 Å². The molecule has 0 unspecified atom stereocenters. The fraction of sp³-hybridized carbons (Fsp3) is 0.423. The molecule has 2 fully saturated rings. The lowest BCUT2D eigenvalue weighted by Crippen LogP contribution is -2.56. The van der Waals surface area contributed by atoms with Gasteiger partial charge >= 0.3 is 6.09 Å². The second-order valence-corrected chi connectivity index (χ2v) is 9.75. The summed E-state index contributed by atoms with van der Waals surface area (Å²) in [5.74, 6) is 0.0585. The SMILES string of the molecule is Cc1c(-c2cc3cc(NC(=O)O[C@@H]4CCN(C5COC5)C[C@@H]4F)ncc3c(N)c2F)cnc2c1NCCO2. The maximum Gasteiger partial charge on any atom is 0.413 e. The molecule has 0 saturated carbocycles. The van der Waals surface area contributed by atoms with Crippen LogP contribution >= 0.6 is 0 Å². The van der Waals surface area contributed by atoms with E-state index in [0.29, 0.717) is 67.2 Å². The number of alkyl halides is 1. The summed E-state index contributed by atoms with van der Waals surface area (Å²) in [6, 6.07) is 3.44. The molecular weight excluding hydrogens is 498 g/mol. The van der Waals surface area contributed by atoms with Gasteiger partial charge in [0.05, 0.1) is 24.9 Å². The average molecular weight is 527 g/mol. The van der Waals surface area contributed by atoms with Crippen molar-refractivity contribution in [1.82, 2.24) is 14.9 Å². The number of carbonyl (C=O) groups is 1. The Morgan fingerprint density at radius 3 is 2.87 bits per heavy atom. The summed E-state index contributed by atoms with van der Waals surface area (Å²) in [4.78, 5) is 23.1. The van der Waals surface area contributed by atoms with Crippen LogP contribution in [0.25, 0.3) is 21.9 Å². The number of hydrogen-bond donors (Lipinski definition) is 3. The van der Waals surface area contributed by atoms with E-state index in [1.165, 1.54) is 6.20 Å². The Kier molecular flexibility index (Phi) is 6.36. The number of nitrogen functional groups attached to an aromatic ring is 1. The van der Waals surface area contributed by atoms with Crippen LogP contribution in [0.15, 0.2) is 24.5 Å². The Balaban J connectivity index is 1.21. The molecule has 3 aliphatic rings. The van der Waals surface area contributed by atoms with Gasteiger partial charge in [0.25, 0.3) is 0 Å². The van der Waals surface area contributed by atoms with Crippen LogP contribution in [0.1, 0.15) is 12.0 Å². The van der Waals surface area contributed by atoms with Crippen LogP contribution in [-0.4, -0.2) is 78.7 Å². The van der Waals surface area contributed by atoms with E-state index < -0.39 is 24.2 Å². The third-order valence-corrected chi connectivity index (χ3v) is 7.37. The van der Waals surface area contributed by atoms with Crippen LogP contribution in [0.5, 0.6) is 5.88 Å². The largest absolute Gasteiger partial charge is 0.474 e. The highest BCUT2D eigenvalue weighted by Crippen LogP contribution is 2.39. The van der Waals surface area contributed by atoms with Crippen LogP contribution in [0, 0.1) is 12.7 Å². The number of carbonyl (C=O) groups excluding carboxylic acids is 1. The van der Waals surface area contributed by atoms with Gasteiger partial charge in [0.1, 0.15) is 30.4 Å². The number of likely N-dealkylation sites (tertiary alicyclic amines) is 1. The second kappa shape index (κ2) is 9.84. The number of piperidine rings is 1. The molecule has 2 atom stereocenters. The molecule has 3 aliphatic heterocycles. The van der Waals surface area contributed by atoms with E-state index in [0.717, 1.165) is 5.56 Å². The maximum absolute atomic E-state index is 15.4. The number of ether oxygens (including phenoxy) is 3. The van der Waals surface area contributed by atoms with Gasteiger partial charge in [-0.25, -0.2) is 23.5 Å². The molecule has 0 aliphatic carbocycles. The monoisotopic (exact) mass is 526 g/mol. The molecule has 0 spiro atoms. The molecule has 12 heteroatoms. The lowest BCUT2D eigenvalue weighted by molar-refractivity contribution is -0.0964. The Labute approximate surface area is 217 Å². The van der Waals surface area contributed by atoms with E-state index in [2.05, 4.69) is 20.6 Å². The predicted molar refractivity (Wildman–Crippen MR) is 138 cm³/mol. The molecule has 2 saturated heterocycles. The van der Waals surface area contributed by atoms with Gasteiger partial charge in [0.2, 0.25) is 5.88 Å². The standard InChI is InChI=1S/C26H28F2N6O4/c1-13-17(8-32-25-24(13)30-3-5-37-25)16-6-14-7-21(31-9-18(14)23(29)22(16)28)33-26(35)38-20-2-4-34(10-19(20)27)15-11-36-12-15/h6-9,15,19-20,30H,2-5,10-12,29H2,1H3,(H,31,33,35)/t19-,20+/m0/s1. The topological polar surface area (TPSA) is 124 Å². The molecule has 200 valence electrons. The molecule has 3 aromatic rings. The number of pyridine rings is 2. The van der Waals surface area contributed by atoms with Gasteiger partial charge in [-0.2, -0.15) is 0 Å². The van der Waals surface area contributed by atoms with Crippen molar-refractivity contribution in [2.75, 3.05) is 55.8 Å². The van der Waals surface area contributed by atoms with E-state index in [-0.39, 0.29) is 29.7 Å². The molecule has 2 aromatic heterocycles. The van der Waals surface area contributed by atoms with E-state index in [9.17, 15) is 9.18 Å². The van der Waals surface area contributed by atoms with Crippen molar-refractivity contribution in [3.8, 4) is 17.0 Å². The van der Waals surface area contributed by atoms with Crippen LogP contribution in [0.4, 0.5) is 30.8 Å². The minimum atomic E-state index is -1.29. The summed E-state index contributed by atoms with van der Waals surface area (Å²) in [6.45, 7) is 5.03. The second-order valence-electron chi connectivity index (χ2n) is 9.75. The fourth-order valence-corrected chi connectivity index (χ4v) is 5.13. The smallest absolute Gasteiger partial charge is 0.413 e. The number of nitrogens with two attached hydrogens (primary N) is 1. The summed E-state index contributed by atoms with van der Waals surface area (Å²) in [6.07, 6.45) is 0.390. The van der Waals surface area contributed by atoms with Crippen LogP contribution in [-0.2, 0) is 9.47 Å². The molecule has 0 radical (unpaired) electrons. The molecule has 1 aromatic carbocycles. The first-order valence-electron chi connectivity index (χ1n) is 12.6. The van der Waals surface area contributed by atoms with Gasteiger partial charge < -0.3 is 25.3 Å². The molecule has 0 bridgehead atoms. The lowest BCUT2D eigenvalue weighted by atomic mass is 9.97. The van der Waals surface area contributed by atoms with E-state index in [1.54, 1.807) is 18.3 Å². The van der Waals surface area contributed by atoms with Crippen LogP contribution in [0.2, 0.25) is 0 Å². The minimum absolute atomic E-state index is 0.0654. The van der Waals surface area contributed by atoms with Crippen molar-refractivity contribution in [3.63, 3.8) is 0 Å². The number of benzene rings is 1. The summed E-state index contributed by atoms with van der Waals surface area (Å²) in [5, 5.41) is 6.76. The van der Waals surface area contributed by atoms with Crippen molar-refractivity contribution in [2.45, 2.75) is 31.7 Å². The highest BCUT2D eigenvalue weighted by Gasteiger charge is 2.37. The quantitative estimate of drug-likeness (QED) is 0.438. The van der Waals surface area contributed by atoms with Gasteiger partial charge in [0.15, 0.2) is 5.82 Å². The Morgan fingerprint density at radius 2 is 2.11 bits per heavy atom. The van der Waals surface area contributed by atoms with Crippen molar-refractivity contribution >= 4 is 34.1 Å². The lowest BCUT2D eigenvalue weighted by Gasteiger charge is -2.42. The Morgan fingerprint density at radius 1 is 1.26 bits per heavy atom. The first-order valence-corrected chi connectivity index (χ1v) is 12.6. The highest BCUT2D eigenvalue weighted by molar-refractivity contribution is 5.99. The van der Waals surface area contributed by atoms with E-state index in [1.807, 2.05) is 11.8 Å². The summed E-state index contributed by atoms with van der Waals surface area (Å²) < 4.78 is 46.2. The number of hydrogen-bond acceptors (Lipinski definition) is 9. The molecular formula is C26H28F2N6O4. The summed E-state index contributed by atoms with van der Waals surface area (Å²) in [5.41, 5.74) is 8.39. The molecule has 1 amide bonds. The predicted octanol–water partition coefficient (Wildman–Crippen LogP) is 3.49. The van der Waals surface area contributed by atoms with Crippen molar-refractivity contribution in [3.05, 3.63) is 35.9 Å². The number of halogens is 2. The maximum atomic E-state index is 15.4. The van der Waals surface area contributed by atoms with Crippen LogP contribution in [0.3, 0.4) is 0 Å². The summed E-state index contributed by atoms with van der Waals surface area (Å²) >= 11 is 0. The fourth-order valence-electron chi connectivity index (χ4n) is 5.13.